The van der Waals surface area contributed by atoms with Gasteiger partial charge in [0.05, 0.1) is 41.9 Å². The van der Waals surface area contributed by atoms with Crippen LogP contribution in [0.25, 0.3) is 5.69 Å². The highest BCUT2D eigenvalue weighted by atomic mass is 32.1. The van der Waals surface area contributed by atoms with Crippen molar-refractivity contribution in [2.24, 2.45) is 0 Å². The van der Waals surface area contributed by atoms with Crippen LogP contribution in [0.5, 0.6) is 5.75 Å². The Bertz CT molecular complexity index is 1510. The summed E-state index contributed by atoms with van der Waals surface area (Å²) in [7, 11) is 1.54. The number of hydrogen-bond donors (Lipinski definition) is 1. The van der Waals surface area contributed by atoms with Crippen molar-refractivity contribution in [1.82, 2.24) is 35.3 Å². The largest absolute Gasteiger partial charge is 0.573 e. The van der Waals surface area contributed by atoms with E-state index in [2.05, 4.69) is 40.3 Å². The summed E-state index contributed by atoms with van der Waals surface area (Å²) in [5, 5.41) is 20.2. The molecule has 1 amide bonds. The van der Waals surface area contributed by atoms with Crippen molar-refractivity contribution in [3.05, 3.63) is 71.0 Å². The van der Waals surface area contributed by atoms with Gasteiger partial charge in [-0.2, -0.15) is 10.2 Å². The Labute approximate surface area is 230 Å². The summed E-state index contributed by atoms with van der Waals surface area (Å²) in [5.74, 6) is -0.613. The molecule has 0 aliphatic carbocycles. The number of nitrogens with zero attached hydrogens (tertiary/aromatic N) is 7. The van der Waals surface area contributed by atoms with Crippen LogP contribution < -0.4 is 15.0 Å². The molecule has 1 atom stereocenters. The number of carbonyl (C=O) groups is 2. The number of nitrogens with one attached hydrogen (secondary N) is 1. The minimum atomic E-state index is -4.79. The highest BCUT2D eigenvalue weighted by Crippen LogP contribution is 2.31. The number of aromatic nitrogens is 6. The highest BCUT2D eigenvalue weighted by molar-refractivity contribution is 7.17. The fraction of sp³-hybridized carbons (Fsp3) is 0.320. The minimum Gasteiger partial charge on any atom is -0.406 e. The van der Waals surface area contributed by atoms with Crippen molar-refractivity contribution in [3.8, 4) is 11.4 Å². The molecule has 1 aliphatic rings. The number of hydrogen-bond acceptors (Lipinski definition) is 10. The van der Waals surface area contributed by atoms with Crippen LogP contribution in [0.4, 0.5) is 18.3 Å². The van der Waals surface area contributed by atoms with Gasteiger partial charge < -0.3 is 19.5 Å². The summed E-state index contributed by atoms with van der Waals surface area (Å²) in [6.45, 7) is 1.42. The molecule has 1 aliphatic heterocycles. The first-order valence-corrected chi connectivity index (χ1v) is 13.0. The Morgan fingerprint density at radius 3 is 2.67 bits per heavy atom. The molecule has 0 bridgehead atoms. The zero-order valence-electron chi connectivity index (χ0n) is 21.1. The third-order valence-corrected chi connectivity index (χ3v) is 7.18. The van der Waals surface area contributed by atoms with Gasteiger partial charge in [0, 0.05) is 38.3 Å². The molecule has 1 N–H and O–H groups in total. The van der Waals surface area contributed by atoms with Crippen LogP contribution in [0.15, 0.2) is 48.9 Å². The first kappa shape index (κ1) is 27.2. The Morgan fingerprint density at radius 1 is 1.10 bits per heavy atom. The average Bonchev–Trinajstić information content (AvgIpc) is 3.69. The van der Waals surface area contributed by atoms with Crippen LogP contribution in [0, 0.1) is 0 Å². The van der Waals surface area contributed by atoms with Gasteiger partial charge in [-0.1, -0.05) is 17.4 Å². The summed E-state index contributed by atoms with van der Waals surface area (Å²) >= 11 is 1.24. The molecule has 1 fully saturated rings. The van der Waals surface area contributed by atoms with Gasteiger partial charge in [-0.05, 0) is 30.7 Å². The van der Waals surface area contributed by atoms with Gasteiger partial charge in [-0.25, -0.2) is 4.98 Å². The summed E-state index contributed by atoms with van der Waals surface area (Å²) in [5.41, 5.74) is 2.22. The highest BCUT2D eigenvalue weighted by Gasteiger charge is 2.31. The first-order valence-electron chi connectivity index (χ1n) is 12.2. The van der Waals surface area contributed by atoms with Gasteiger partial charge in [0.2, 0.25) is 10.1 Å². The maximum Gasteiger partial charge on any atom is 0.573 e. The maximum absolute atomic E-state index is 12.6. The zero-order chi connectivity index (χ0) is 28.3. The van der Waals surface area contributed by atoms with E-state index < -0.39 is 6.36 Å². The number of anilines is 1. The fourth-order valence-electron chi connectivity index (χ4n) is 4.30. The van der Waals surface area contributed by atoms with E-state index in [0.717, 1.165) is 18.7 Å². The van der Waals surface area contributed by atoms with Crippen molar-refractivity contribution < 1.29 is 27.5 Å². The molecule has 1 saturated heterocycles. The molecular formula is C25H23F3N8O3S. The minimum absolute atomic E-state index is 0.0344. The number of halogens is 3. The number of Topliss-reactive ketones (excluding diaryl/α,β-unsaturated/α-hetero) is 1. The zero-order valence-corrected chi connectivity index (χ0v) is 21.9. The Hall–Kier alpha value is -4.40. The SMILES string of the molecule is CNC(=O)c1nnc(N2CCC(c3ccc(CC(=O)Cc4cn(-c5cccc(OC(F)(F)F)c5)cn4)nn3)C2)s1. The quantitative estimate of drug-likeness (QED) is 0.322. The van der Waals surface area contributed by atoms with Crippen LogP contribution in [0.3, 0.4) is 0 Å². The molecule has 0 saturated carbocycles. The monoisotopic (exact) mass is 572 g/mol. The van der Waals surface area contributed by atoms with E-state index >= 15 is 0 Å². The standard InChI is InChI=1S/C25H23F3N8O3S/c1-29-22(38)23-33-34-24(40-23)35-8-7-15(12-35)21-6-5-16(31-32-21)9-19(37)10-17-13-36(14-30-17)18-3-2-4-20(11-18)39-25(26,27)28/h2-6,11,13-15H,7-10,12H2,1H3,(H,29,38). The number of imidazole rings is 1. The van der Waals surface area contributed by atoms with E-state index in [0.29, 0.717) is 33.8 Å². The Balaban J connectivity index is 1.15. The van der Waals surface area contributed by atoms with Crippen molar-refractivity contribution in [1.29, 1.82) is 0 Å². The lowest BCUT2D eigenvalue weighted by atomic mass is 10.0. The van der Waals surface area contributed by atoms with E-state index in [1.807, 2.05) is 6.07 Å². The van der Waals surface area contributed by atoms with Crippen LogP contribution in [-0.2, 0) is 17.6 Å². The van der Waals surface area contributed by atoms with E-state index in [1.165, 1.54) is 40.4 Å². The summed E-state index contributed by atoms with van der Waals surface area (Å²) < 4.78 is 43.0. The van der Waals surface area contributed by atoms with Crippen molar-refractivity contribution in [2.45, 2.75) is 31.5 Å². The summed E-state index contributed by atoms with van der Waals surface area (Å²) in [6, 6.07) is 9.12. The molecule has 1 unspecified atom stereocenters. The molecule has 1 aromatic carbocycles. The lowest BCUT2D eigenvalue weighted by molar-refractivity contribution is -0.274. The number of benzene rings is 1. The van der Waals surface area contributed by atoms with Crippen LogP contribution >= 0.6 is 11.3 Å². The second kappa shape index (κ2) is 11.4. The molecule has 3 aromatic heterocycles. The van der Waals surface area contributed by atoms with Gasteiger partial charge in [0.15, 0.2) is 0 Å². The van der Waals surface area contributed by atoms with Crippen molar-refractivity contribution in [2.75, 3.05) is 25.0 Å². The number of rotatable bonds is 9. The molecule has 40 heavy (non-hydrogen) atoms. The van der Waals surface area contributed by atoms with Gasteiger partial charge in [0.25, 0.3) is 5.91 Å². The van der Waals surface area contributed by atoms with Crippen molar-refractivity contribution >= 4 is 28.2 Å². The van der Waals surface area contributed by atoms with Crippen LogP contribution in [0.2, 0.25) is 0 Å². The van der Waals surface area contributed by atoms with Gasteiger partial charge >= 0.3 is 6.36 Å². The maximum atomic E-state index is 12.6. The third kappa shape index (κ3) is 6.59. The molecule has 0 spiro atoms. The Kier molecular flexibility index (Phi) is 7.73. The topological polar surface area (TPSA) is 128 Å². The molecule has 208 valence electrons. The molecule has 11 nitrogen and oxygen atoms in total. The van der Waals surface area contributed by atoms with E-state index in [9.17, 15) is 22.8 Å². The molecule has 0 radical (unpaired) electrons. The number of alkyl halides is 3. The van der Waals surface area contributed by atoms with E-state index in [-0.39, 0.29) is 36.2 Å². The molecular weight excluding hydrogens is 549 g/mol. The molecule has 4 aromatic rings. The average molecular weight is 573 g/mol. The second-order valence-corrected chi connectivity index (χ2v) is 10.0. The number of carbonyl (C=O) groups excluding carboxylic acids is 2. The normalized spacial score (nSPS) is 15.3. The lowest BCUT2D eigenvalue weighted by Gasteiger charge is -2.13. The number of ether oxygens (including phenoxy) is 1. The third-order valence-electron chi connectivity index (χ3n) is 6.20. The smallest absolute Gasteiger partial charge is 0.406 e. The second-order valence-electron chi connectivity index (χ2n) is 9.06. The first-order chi connectivity index (χ1) is 19.2. The van der Waals surface area contributed by atoms with E-state index in [4.69, 9.17) is 0 Å². The van der Waals surface area contributed by atoms with Gasteiger partial charge in [0.1, 0.15) is 11.5 Å². The number of ketones is 1. The summed E-state index contributed by atoms with van der Waals surface area (Å²) in [4.78, 5) is 30.6. The van der Waals surface area contributed by atoms with Crippen LogP contribution in [0.1, 0.15) is 39.2 Å². The van der Waals surface area contributed by atoms with Crippen molar-refractivity contribution in [3.63, 3.8) is 0 Å². The summed E-state index contributed by atoms with van der Waals surface area (Å²) in [6.07, 6.45) is -0.833. The predicted octanol–water partition coefficient (Wildman–Crippen LogP) is 3.12. The lowest BCUT2D eigenvalue weighted by Crippen LogP contribution is -2.19. The molecule has 5 rings (SSSR count). The predicted molar refractivity (Wildman–Crippen MR) is 138 cm³/mol. The molecule has 4 heterocycles. The fourth-order valence-corrected chi connectivity index (χ4v) is 5.13. The van der Waals surface area contributed by atoms with Gasteiger partial charge in [-0.15, -0.1) is 23.4 Å². The molecule has 15 heteroatoms. The van der Waals surface area contributed by atoms with Crippen LogP contribution in [-0.4, -0.2) is 68.1 Å². The van der Waals surface area contributed by atoms with Gasteiger partial charge in [-0.3, -0.25) is 9.59 Å². The van der Waals surface area contributed by atoms with E-state index in [1.54, 1.807) is 25.4 Å². The number of amides is 1. The Morgan fingerprint density at radius 2 is 1.93 bits per heavy atom.